The van der Waals surface area contributed by atoms with Gasteiger partial charge in [-0.1, -0.05) is 18.5 Å². The van der Waals surface area contributed by atoms with Crippen molar-refractivity contribution in [1.29, 1.82) is 0 Å². The molecule has 20 heavy (non-hydrogen) atoms. The van der Waals surface area contributed by atoms with Crippen LogP contribution < -0.4 is 5.32 Å². The van der Waals surface area contributed by atoms with Crippen molar-refractivity contribution in [2.24, 2.45) is 5.92 Å². The molecule has 110 valence electrons. The number of likely N-dealkylation sites (tertiary alicyclic amines) is 1. The Bertz CT molecular complexity index is 487. The van der Waals surface area contributed by atoms with Gasteiger partial charge < -0.3 is 5.32 Å². The van der Waals surface area contributed by atoms with Gasteiger partial charge in [-0.2, -0.15) is 0 Å². The first-order valence-electron chi connectivity index (χ1n) is 6.97. The highest BCUT2D eigenvalue weighted by Gasteiger charge is 2.25. The molecule has 0 saturated carbocycles. The van der Waals surface area contributed by atoms with E-state index in [0.29, 0.717) is 10.9 Å². The Morgan fingerprint density at radius 3 is 2.75 bits per heavy atom. The fraction of sp³-hybridized carbons (Fsp3) is 0.533. The Morgan fingerprint density at radius 2 is 2.10 bits per heavy atom. The van der Waals surface area contributed by atoms with E-state index in [9.17, 15) is 9.18 Å². The highest BCUT2D eigenvalue weighted by Crippen LogP contribution is 2.21. The second-order valence-corrected chi connectivity index (χ2v) is 5.94. The van der Waals surface area contributed by atoms with Crippen molar-refractivity contribution in [3.63, 3.8) is 0 Å². The maximum Gasteiger partial charge on any atom is 0.241 e. The molecule has 3 nitrogen and oxygen atoms in total. The fourth-order valence-electron chi connectivity index (χ4n) is 2.41. The average molecular weight is 299 g/mol. The molecule has 1 aromatic rings. The van der Waals surface area contributed by atoms with Crippen LogP contribution in [0.4, 0.5) is 10.1 Å². The molecular weight excluding hydrogens is 279 g/mol. The molecule has 0 spiro atoms. The highest BCUT2D eigenvalue weighted by atomic mass is 35.5. The molecule has 1 saturated heterocycles. The number of hydrogen-bond acceptors (Lipinski definition) is 2. The summed E-state index contributed by atoms with van der Waals surface area (Å²) in [5.41, 5.74) is 0.139. The molecule has 0 aliphatic carbocycles. The summed E-state index contributed by atoms with van der Waals surface area (Å²) in [4.78, 5) is 14.3. The molecule has 1 unspecified atom stereocenters. The average Bonchev–Trinajstić information content (AvgIpc) is 2.43. The van der Waals surface area contributed by atoms with Crippen LogP contribution in [0.5, 0.6) is 0 Å². The van der Waals surface area contributed by atoms with Crippen molar-refractivity contribution in [2.75, 3.05) is 18.4 Å². The molecule has 1 atom stereocenters. The Kier molecular flexibility index (Phi) is 5.00. The van der Waals surface area contributed by atoms with Crippen LogP contribution in [0.3, 0.4) is 0 Å². The summed E-state index contributed by atoms with van der Waals surface area (Å²) in [6.45, 7) is 5.90. The van der Waals surface area contributed by atoms with Gasteiger partial charge in [-0.25, -0.2) is 4.39 Å². The van der Waals surface area contributed by atoms with Crippen molar-refractivity contribution in [1.82, 2.24) is 4.90 Å². The van der Waals surface area contributed by atoms with Crippen molar-refractivity contribution >= 4 is 23.2 Å². The first-order chi connectivity index (χ1) is 9.47. The van der Waals surface area contributed by atoms with Crippen LogP contribution in [0.2, 0.25) is 5.02 Å². The third kappa shape index (κ3) is 3.70. The third-order valence-electron chi connectivity index (χ3n) is 3.93. The second kappa shape index (κ2) is 6.55. The van der Waals surface area contributed by atoms with E-state index in [2.05, 4.69) is 17.1 Å². The zero-order chi connectivity index (χ0) is 14.7. The fourth-order valence-corrected chi connectivity index (χ4v) is 2.58. The maximum absolute atomic E-state index is 13.6. The van der Waals surface area contributed by atoms with E-state index in [1.165, 1.54) is 18.2 Å². The zero-order valence-corrected chi connectivity index (χ0v) is 12.6. The summed E-state index contributed by atoms with van der Waals surface area (Å²) in [6, 6.07) is 3.88. The molecule has 5 heteroatoms. The van der Waals surface area contributed by atoms with Crippen LogP contribution in [0, 0.1) is 11.7 Å². The minimum absolute atomic E-state index is 0.139. The largest absolute Gasteiger partial charge is 0.322 e. The summed E-state index contributed by atoms with van der Waals surface area (Å²) in [5.74, 6) is 0.0508. The molecule has 1 aliphatic rings. The topological polar surface area (TPSA) is 32.3 Å². The smallest absolute Gasteiger partial charge is 0.241 e. The van der Waals surface area contributed by atoms with Crippen molar-refractivity contribution in [3.8, 4) is 0 Å². The predicted octanol–water partition coefficient (Wildman–Crippen LogP) is 3.54. The maximum atomic E-state index is 13.6. The lowest BCUT2D eigenvalue weighted by atomic mass is 9.98. The van der Waals surface area contributed by atoms with Crippen molar-refractivity contribution in [3.05, 3.63) is 29.0 Å². The zero-order valence-electron chi connectivity index (χ0n) is 11.8. The number of nitrogens with zero attached hydrogens (tertiary/aromatic N) is 1. The Labute approximate surface area is 124 Å². The van der Waals surface area contributed by atoms with Gasteiger partial charge in [-0.3, -0.25) is 9.69 Å². The lowest BCUT2D eigenvalue weighted by Gasteiger charge is -2.34. The summed E-state index contributed by atoms with van der Waals surface area (Å²) in [7, 11) is 0. The van der Waals surface area contributed by atoms with E-state index in [1.807, 2.05) is 6.92 Å². The van der Waals surface area contributed by atoms with E-state index >= 15 is 0 Å². The molecule has 0 aromatic heterocycles. The summed E-state index contributed by atoms with van der Waals surface area (Å²) in [6.07, 6.45) is 2.20. The third-order valence-corrected chi connectivity index (χ3v) is 4.17. The minimum atomic E-state index is -0.470. The van der Waals surface area contributed by atoms with Gasteiger partial charge in [-0.15, -0.1) is 0 Å². The molecule has 2 rings (SSSR count). The van der Waals surface area contributed by atoms with Gasteiger partial charge in [0.05, 0.1) is 11.7 Å². The van der Waals surface area contributed by atoms with E-state index in [4.69, 9.17) is 11.6 Å². The number of benzene rings is 1. The van der Waals surface area contributed by atoms with Gasteiger partial charge in [-0.05, 0) is 57.0 Å². The van der Waals surface area contributed by atoms with Crippen LogP contribution >= 0.6 is 11.6 Å². The van der Waals surface area contributed by atoms with E-state index in [1.54, 1.807) is 0 Å². The van der Waals surface area contributed by atoms with E-state index < -0.39 is 5.82 Å². The molecule has 1 heterocycles. The minimum Gasteiger partial charge on any atom is -0.322 e. The van der Waals surface area contributed by atoms with Crippen LogP contribution in [0.1, 0.15) is 26.7 Å². The van der Waals surface area contributed by atoms with Crippen LogP contribution in [-0.2, 0) is 4.79 Å². The number of piperidine rings is 1. The molecular formula is C15H20ClFN2O. The number of carbonyl (C=O) groups is 1. The van der Waals surface area contributed by atoms with E-state index in [0.717, 1.165) is 25.9 Å². The number of nitrogens with one attached hydrogen (secondary N) is 1. The molecule has 0 radical (unpaired) electrons. The SMILES string of the molecule is CC1CCN(C(C)C(=O)Nc2cc(Cl)ccc2F)CC1. The Morgan fingerprint density at radius 1 is 1.45 bits per heavy atom. The molecule has 1 N–H and O–H groups in total. The van der Waals surface area contributed by atoms with Gasteiger partial charge >= 0.3 is 0 Å². The van der Waals surface area contributed by atoms with Crippen molar-refractivity contribution < 1.29 is 9.18 Å². The summed E-state index contributed by atoms with van der Waals surface area (Å²) >= 11 is 5.82. The monoisotopic (exact) mass is 298 g/mol. The first-order valence-corrected chi connectivity index (χ1v) is 7.35. The molecule has 1 aliphatic heterocycles. The highest BCUT2D eigenvalue weighted by molar-refractivity contribution is 6.30. The number of amides is 1. The van der Waals surface area contributed by atoms with Crippen molar-refractivity contribution in [2.45, 2.75) is 32.7 Å². The van der Waals surface area contributed by atoms with Gasteiger partial charge in [0.2, 0.25) is 5.91 Å². The molecule has 1 amide bonds. The number of halogens is 2. The number of rotatable bonds is 3. The normalized spacial score (nSPS) is 18.8. The number of anilines is 1. The summed E-state index contributed by atoms with van der Waals surface area (Å²) < 4.78 is 13.6. The molecule has 1 aromatic carbocycles. The van der Waals surface area contributed by atoms with Gasteiger partial charge in [0, 0.05) is 5.02 Å². The molecule has 1 fully saturated rings. The lowest BCUT2D eigenvalue weighted by molar-refractivity contribution is -0.121. The van der Waals surface area contributed by atoms with Crippen LogP contribution in [0.15, 0.2) is 18.2 Å². The lowest BCUT2D eigenvalue weighted by Crippen LogP contribution is -2.45. The molecule has 0 bridgehead atoms. The summed E-state index contributed by atoms with van der Waals surface area (Å²) in [5, 5.41) is 3.02. The number of hydrogen-bond donors (Lipinski definition) is 1. The van der Waals surface area contributed by atoms with E-state index in [-0.39, 0.29) is 17.6 Å². The predicted molar refractivity (Wildman–Crippen MR) is 79.5 cm³/mol. The van der Waals surface area contributed by atoms with Crippen LogP contribution in [0.25, 0.3) is 0 Å². The number of carbonyl (C=O) groups excluding carboxylic acids is 1. The quantitative estimate of drug-likeness (QED) is 0.926. The first kappa shape index (κ1) is 15.3. The van der Waals surface area contributed by atoms with Gasteiger partial charge in [0.25, 0.3) is 0 Å². The second-order valence-electron chi connectivity index (χ2n) is 5.51. The Hall–Kier alpha value is -1.13. The Balaban J connectivity index is 1.99. The van der Waals surface area contributed by atoms with Gasteiger partial charge in [0.1, 0.15) is 5.82 Å². The van der Waals surface area contributed by atoms with Crippen LogP contribution in [-0.4, -0.2) is 29.9 Å². The van der Waals surface area contributed by atoms with Gasteiger partial charge in [0.15, 0.2) is 0 Å². The standard InChI is InChI=1S/C15H20ClFN2O/c1-10-5-7-19(8-6-10)11(2)15(20)18-14-9-12(16)3-4-13(14)17/h3-4,9-11H,5-8H2,1-2H3,(H,18,20).